The molecule has 0 bridgehead atoms. The second-order valence-electron chi connectivity index (χ2n) is 8.49. The Morgan fingerprint density at radius 2 is 2.00 bits per heavy atom. The highest BCUT2D eigenvalue weighted by Gasteiger charge is 2.36. The Bertz CT molecular complexity index is 1100. The fraction of sp³-hybridized carbons (Fsp3) is 0.375. The van der Waals surface area contributed by atoms with Crippen molar-refractivity contribution in [1.82, 2.24) is 14.8 Å². The number of urea groups is 1. The maximum Gasteiger partial charge on any atom is 0.318 e. The van der Waals surface area contributed by atoms with Gasteiger partial charge in [-0.05, 0) is 74.9 Å². The van der Waals surface area contributed by atoms with Gasteiger partial charge in [-0.3, -0.25) is 0 Å². The first-order chi connectivity index (χ1) is 14.5. The van der Waals surface area contributed by atoms with Gasteiger partial charge in [-0.25, -0.2) is 9.18 Å². The molecule has 1 aromatic carbocycles. The number of rotatable bonds is 2. The van der Waals surface area contributed by atoms with Crippen LogP contribution in [-0.2, 0) is 19.4 Å². The molecule has 2 aromatic heterocycles. The molecule has 0 saturated carbocycles. The minimum Gasteiger partial charge on any atom is -0.336 e. The molecule has 3 heterocycles. The van der Waals surface area contributed by atoms with Gasteiger partial charge in [0.15, 0.2) is 0 Å². The summed E-state index contributed by atoms with van der Waals surface area (Å²) in [6.45, 7) is 4.46. The quantitative estimate of drug-likeness (QED) is 0.574. The number of amides is 2. The van der Waals surface area contributed by atoms with E-state index in [9.17, 15) is 9.18 Å². The zero-order chi connectivity index (χ0) is 20.8. The molecule has 1 N–H and O–H groups in total. The van der Waals surface area contributed by atoms with Crippen molar-refractivity contribution in [2.75, 3.05) is 0 Å². The SMILES string of the molecule is CC(C)NC(=O)N1Cc2c(sc3c2CCCC3)-n2cccc2[C@H]1c1cccc(F)c1. The van der Waals surface area contributed by atoms with Crippen molar-refractivity contribution in [3.8, 4) is 5.00 Å². The molecule has 3 aromatic rings. The summed E-state index contributed by atoms with van der Waals surface area (Å²) < 4.78 is 16.4. The summed E-state index contributed by atoms with van der Waals surface area (Å²) in [6, 6.07) is 10.3. The normalized spacial score (nSPS) is 17.9. The van der Waals surface area contributed by atoms with Crippen LogP contribution in [-0.4, -0.2) is 21.5 Å². The van der Waals surface area contributed by atoms with Crippen LogP contribution in [0.15, 0.2) is 42.6 Å². The Morgan fingerprint density at radius 1 is 1.17 bits per heavy atom. The van der Waals surface area contributed by atoms with E-state index in [1.54, 1.807) is 12.1 Å². The number of aromatic nitrogens is 1. The molecule has 1 aliphatic heterocycles. The van der Waals surface area contributed by atoms with Crippen LogP contribution < -0.4 is 5.32 Å². The molecule has 2 aliphatic rings. The number of aryl methyl sites for hydroxylation is 1. The number of carbonyl (C=O) groups is 1. The Morgan fingerprint density at radius 3 is 2.80 bits per heavy atom. The van der Waals surface area contributed by atoms with E-state index >= 15 is 0 Å². The van der Waals surface area contributed by atoms with E-state index in [4.69, 9.17) is 0 Å². The van der Waals surface area contributed by atoms with Crippen LogP contribution in [0.3, 0.4) is 0 Å². The molecule has 0 radical (unpaired) electrons. The molecule has 0 spiro atoms. The van der Waals surface area contributed by atoms with E-state index < -0.39 is 0 Å². The van der Waals surface area contributed by atoms with Crippen molar-refractivity contribution in [2.24, 2.45) is 0 Å². The fourth-order valence-electron chi connectivity index (χ4n) is 4.74. The molecule has 5 rings (SSSR count). The lowest BCUT2D eigenvalue weighted by molar-refractivity contribution is 0.178. The first kappa shape index (κ1) is 19.4. The topological polar surface area (TPSA) is 37.3 Å². The van der Waals surface area contributed by atoms with Crippen LogP contribution in [0.1, 0.15) is 60.0 Å². The monoisotopic (exact) mass is 423 g/mol. The number of hydrogen-bond donors (Lipinski definition) is 1. The van der Waals surface area contributed by atoms with Crippen molar-refractivity contribution in [1.29, 1.82) is 0 Å². The summed E-state index contributed by atoms with van der Waals surface area (Å²) in [6.07, 6.45) is 6.69. The summed E-state index contributed by atoms with van der Waals surface area (Å²) in [5.74, 6) is -0.286. The van der Waals surface area contributed by atoms with Gasteiger partial charge < -0.3 is 14.8 Å². The summed E-state index contributed by atoms with van der Waals surface area (Å²) in [5.41, 5.74) is 4.46. The minimum atomic E-state index is -0.353. The molecular formula is C24H26FN3OS. The second kappa shape index (κ2) is 7.58. The number of nitrogens with zero attached hydrogens (tertiary/aromatic N) is 2. The van der Waals surface area contributed by atoms with Gasteiger partial charge in [-0.15, -0.1) is 11.3 Å². The molecule has 2 amide bonds. The molecule has 0 fully saturated rings. The van der Waals surface area contributed by atoms with E-state index in [1.165, 1.54) is 39.9 Å². The van der Waals surface area contributed by atoms with Crippen molar-refractivity contribution in [3.63, 3.8) is 0 Å². The third-order valence-corrected chi connectivity index (χ3v) is 7.35. The van der Waals surface area contributed by atoms with E-state index in [1.807, 2.05) is 42.2 Å². The summed E-state index contributed by atoms with van der Waals surface area (Å²) in [4.78, 5) is 16.7. The highest BCUT2D eigenvalue weighted by atomic mass is 32.1. The lowest BCUT2D eigenvalue weighted by Gasteiger charge is -2.32. The standard InChI is InChI=1S/C24H26FN3OS/c1-15(2)26-24(29)28-14-19-18-9-3-4-11-21(18)30-23(19)27-12-6-10-20(27)22(28)16-7-5-8-17(25)13-16/h5-8,10,12-13,15,22H,3-4,9,11,14H2,1-2H3,(H,26,29)/t22-/m1/s1. The lowest BCUT2D eigenvalue weighted by atomic mass is 9.95. The predicted molar refractivity (Wildman–Crippen MR) is 118 cm³/mol. The molecule has 156 valence electrons. The third kappa shape index (κ3) is 3.23. The predicted octanol–water partition coefficient (Wildman–Crippen LogP) is 5.58. The zero-order valence-corrected chi connectivity index (χ0v) is 18.1. The van der Waals surface area contributed by atoms with Crippen molar-refractivity contribution in [2.45, 2.75) is 58.2 Å². The fourth-order valence-corrected chi connectivity index (χ4v) is 6.15. The molecular weight excluding hydrogens is 397 g/mol. The number of carbonyl (C=O) groups excluding carboxylic acids is 1. The highest BCUT2D eigenvalue weighted by molar-refractivity contribution is 7.15. The third-order valence-electron chi connectivity index (χ3n) is 6.02. The molecule has 1 atom stereocenters. The number of hydrogen-bond acceptors (Lipinski definition) is 2. The van der Waals surface area contributed by atoms with E-state index in [0.29, 0.717) is 6.54 Å². The van der Waals surface area contributed by atoms with Crippen LogP contribution >= 0.6 is 11.3 Å². The average molecular weight is 424 g/mol. The van der Waals surface area contributed by atoms with Crippen LogP contribution in [0, 0.1) is 5.82 Å². The molecule has 6 heteroatoms. The van der Waals surface area contributed by atoms with E-state index in [2.05, 4.69) is 22.1 Å². The van der Waals surface area contributed by atoms with Crippen LogP contribution in [0.5, 0.6) is 0 Å². The van der Waals surface area contributed by atoms with E-state index in [0.717, 1.165) is 24.1 Å². The smallest absolute Gasteiger partial charge is 0.318 e. The first-order valence-corrected chi connectivity index (χ1v) is 11.5. The maximum atomic E-state index is 14.2. The van der Waals surface area contributed by atoms with Crippen molar-refractivity contribution >= 4 is 17.4 Å². The molecule has 0 unspecified atom stereocenters. The van der Waals surface area contributed by atoms with Crippen LogP contribution in [0.25, 0.3) is 5.00 Å². The van der Waals surface area contributed by atoms with Gasteiger partial charge in [0, 0.05) is 22.7 Å². The summed E-state index contributed by atoms with van der Waals surface area (Å²) in [5, 5.41) is 4.28. The van der Waals surface area contributed by atoms with Crippen molar-refractivity contribution < 1.29 is 9.18 Å². The Hall–Kier alpha value is -2.60. The highest BCUT2D eigenvalue weighted by Crippen LogP contribution is 2.44. The molecule has 0 saturated heterocycles. The van der Waals surface area contributed by atoms with E-state index in [-0.39, 0.29) is 23.9 Å². The Balaban J connectivity index is 1.71. The Labute approximate surface area is 180 Å². The second-order valence-corrected chi connectivity index (χ2v) is 9.57. The summed E-state index contributed by atoms with van der Waals surface area (Å²) in [7, 11) is 0. The maximum absolute atomic E-state index is 14.2. The number of fused-ring (bicyclic) bond motifs is 5. The van der Waals surface area contributed by atoms with Gasteiger partial charge in [0.25, 0.3) is 0 Å². The Kier molecular flexibility index (Phi) is 4.89. The largest absolute Gasteiger partial charge is 0.336 e. The van der Waals surface area contributed by atoms with Gasteiger partial charge >= 0.3 is 6.03 Å². The van der Waals surface area contributed by atoms with Gasteiger partial charge in [0.05, 0.1) is 18.3 Å². The lowest BCUT2D eigenvalue weighted by Crippen LogP contribution is -2.44. The van der Waals surface area contributed by atoms with Crippen molar-refractivity contribution in [3.05, 3.63) is 75.7 Å². The zero-order valence-electron chi connectivity index (χ0n) is 17.3. The molecule has 30 heavy (non-hydrogen) atoms. The van der Waals surface area contributed by atoms with Gasteiger partial charge in [0.1, 0.15) is 10.8 Å². The number of nitrogens with one attached hydrogen (secondary N) is 1. The van der Waals surface area contributed by atoms with Crippen LogP contribution in [0.4, 0.5) is 9.18 Å². The number of benzene rings is 1. The number of halogens is 1. The van der Waals surface area contributed by atoms with Gasteiger partial charge in [-0.2, -0.15) is 0 Å². The molecule has 1 aliphatic carbocycles. The summed E-state index contributed by atoms with van der Waals surface area (Å²) >= 11 is 1.86. The first-order valence-electron chi connectivity index (χ1n) is 10.7. The van der Waals surface area contributed by atoms with Gasteiger partial charge in [0.2, 0.25) is 0 Å². The van der Waals surface area contributed by atoms with Crippen LogP contribution in [0.2, 0.25) is 0 Å². The number of thiophene rings is 1. The average Bonchev–Trinajstić information content (AvgIpc) is 3.29. The molecule has 4 nitrogen and oxygen atoms in total. The minimum absolute atomic E-state index is 0.0246. The van der Waals surface area contributed by atoms with Gasteiger partial charge in [-0.1, -0.05) is 12.1 Å².